The Bertz CT molecular complexity index is 344. The van der Waals surface area contributed by atoms with Crippen molar-refractivity contribution in [2.75, 3.05) is 11.5 Å². The third kappa shape index (κ3) is 2.47. The number of hydrogen-bond acceptors (Lipinski definition) is 4. The van der Waals surface area contributed by atoms with Gasteiger partial charge in [-0.15, -0.1) is 0 Å². The standard InChI is InChI=1S/C9H16N2O2S/c1-7(8-2-3-8)10-11-9-4-5-14(12,13)6-9/h8-9,11H,2-6H2,1H3/b10-7+/t9-/m1/s1. The van der Waals surface area contributed by atoms with Gasteiger partial charge in [0.1, 0.15) is 0 Å². The van der Waals surface area contributed by atoms with Gasteiger partial charge in [-0.2, -0.15) is 5.10 Å². The highest BCUT2D eigenvalue weighted by Crippen LogP contribution is 2.30. The summed E-state index contributed by atoms with van der Waals surface area (Å²) in [6, 6.07) is 0.0358. The minimum Gasteiger partial charge on any atom is -0.306 e. The van der Waals surface area contributed by atoms with Crippen molar-refractivity contribution in [3.05, 3.63) is 0 Å². The van der Waals surface area contributed by atoms with Crippen LogP contribution in [0.2, 0.25) is 0 Å². The maximum atomic E-state index is 11.1. The predicted octanol–water partition coefficient (Wildman–Crippen LogP) is 0.549. The lowest BCUT2D eigenvalue weighted by molar-refractivity contribution is 0.575. The van der Waals surface area contributed by atoms with Gasteiger partial charge in [0.05, 0.1) is 17.5 Å². The van der Waals surface area contributed by atoms with Crippen LogP contribution in [0.1, 0.15) is 26.2 Å². The maximum absolute atomic E-state index is 11.1. The predicted molar refractivity (Wildman–Crippen MR) is 56.0 cm³/mol. The Morgan fingerprint density at radius 1 is 1.36 bits per heavy atom. The van der Waals surface area contributed by atoms with Crippen molar-refractivity contribution in [2.45, 2.75) is 32.2 Å². The van der Waals surface area contributed by atoms with E-state index >= 15 is 0 Å². The van der Waals surface area contributed by atoms with E-state index in [-0.39, 0.29) is 11.8 Å². The fourth-order valence-corrected chi connectivity index (χ4v) is 3.35. The molecule has 14 heavy (non-hydrogen) atoms. The highest BCUT2D eigenvalue weighted by atomic mass is 32.2. The Morgan fingerprint density at radius 3 is 2.57 bits per heavy atom. The van der Waals surface area contributed by atoms with Crippen molar-refractivity contribution in [1.29, 1.82) is 0 Å². The molecule has 4 nitrogen and oxygen atoms in total. The molecule has 5 heteroatoms. The lowest BCUT2D eigenvalue weighted by Crippen LogP contribution is -2.26. The number of hydrazone groups is 1. The average molecular weight is 216 g/mol. The van der Waals surface area contributed by atoms with Crippen molar-refractivity contribution in [1.82, 2.24) is 5.43 Å². The molecule has 1 aliphatic carbocycles. The van der Waals surface area contributed by atoms with Crippen molar-refractivity contribution in [2.24, 2.45) is 11.0 Å². The van der Waals surface area contributed by atoms with Crippen molar-refractivity contribution < 1.29 is 8.42 Å². The summed E-state index contributed by atoms with van der Waals surface area (Å²) in [6.45, 7) is 2.01. The van der Waals surface area contributed by atoms with Gasteiger partial charge in [0, 0.05) is 5.71 Å². The van der Waals surface area contributed by atoms with E-state index in [1.165, 1.54) is 12.8 Å². The number of sulfone groups is 1. The first-order chi connectivity index (χ1) is 6.57. The molecule has 2 fully saturated rings. The second kappa shape index (κ2) is 3.53. The molecule has 0 aromatic carbocycles. The van der Waals surface area contributed by atoms with Gasteiger partial charge >= 0.3 is 0 Å². The van der Waals surface area contributed by atoms with Gasteiger partial charge in [0.15, 0.2) is 9.84 Å². The van der Waals surface area contributed by atoms with Crippen molar-refractivity contribution in [3.8, 4) is 0 Å². The Kier molecular flexibility index (Phi) is 2.51. The molecule has 1 heterocycles. The highest BCUT2D eigenvalue weighted by molar-refractivity contribution is 7.91. The summed E-state index contributed by atoms with van der Waals surface area (Å²) in [6.07, 6.45) is 3.17. The van der Waals surface area contributed by atoms with E-state index in [0.29, 0.717) is 18.1 Å². The van der Waals surface area contributed by atoms with E-state index in [2.05, 4.69) is 10.5 Å². The third-order valence-electron chi connectivity index (χ3n) is 2.82. The first kappa shape index (κ1) is 9.96. The molecular formula is C9H16N2O2S. The normalized spacial score (nSPS) is 31.8. The van der Waals surface area contributed by atoms with Gasteiger partial charge in [0.2, 0.25) is 0 Å². The topological polar surface area (TPSA) is 58.5 Å². The van der Waals surface area contributed by atoms with E-state index < -0.39 is 9.84 Å². The van der Waals surface area contributed by atoms with Crippen LogP contribution in [0.15, 0.2) is 5.10 Å². The smallest absolute Gasteiger partial charge is 0.152 e. The Labute approximate surface area is 84.7 Å². The van der Waals surface area contributed by atoms with Crippen LogP contribution in [-0.4, -0.2) is 31.7 Å². The zero-order valence-electron chi connectivity index (χ0n) is 8.36. The van der Waals surface area contributed by atoms with Gasteiger partial charge < -0.3 is 5.43 Å². The minimum absolute atomic E-state index is 0.0358. The minimum atomic E-state index is -2.78. The zero-order valence-corrected chi connectivity index (χ0v) is 9.18. The Morgan fingerprint density at radius 2 is 2.07 bits per heavy atom. The van der Waals surface area contributed by atoms with Gasteiger partial charge in [-0.1, -0.05) is 0 Å². The van der Waals surface area contributed by atoms with E-state index in [9.17, 15) is 8.42 Å². The largest absolute Gasteiger partial charge is 0.306 e. The molecule has 0 unspecified atom stereocenters. The molecule has 1 saturated carbocycles. The molecule has 2 aliphatic rings. The van der Waals surface area contributed by atoms with E-state index in [1.54, 1.807) is 0 Å². The second-order valence-corrected chi connectivity index (χ2v) is 6.49. The van der Waals surface area contributed by atoms with Crippen LogP contribution in [0.5, 0.6) is 0 Å². The number of hydrogen-bond donors (Lipinski definition) is 1. The maximum Gasteiger partial charge on any atom is 0.152 e. The lowest BCUT2D eigenvalue weighted by Gasteiger charge is -2.07. The second-order valence-electron chi connectivity index (χ2n) is 4.26. The van der Waals surface area contributed by atoms with Crippen molar-refractivity contribution >= 4 is 15.5 Å². The molecule has 1 atom stereocenters. The Hall–Kier alpha value is -0.580. The molecule has 0 spiro atoms. The van der Waals surface area contributed by atoms with Gasteiger partial charge in [-0.25, -0.2) is 8.42 Å². The van der Waals surface area contributed by atoms with Crippen LogP contribution < -0.4 is 5.43 Å². The first-order valence-electron chi connectivity index (χ1n) is 5.07. The zero-order chi connectivity index (χ0) is 10.2. The summed E-state index contributed by atoms with van der Waals surface area (Å²) in [4.78, 5) is 0. The summed E-state index contributed by atoms with van der Waals surface area (Å²) < 4.78 is 22.3. The molecule has 0 aromatic rings. The summed E-state index contributed by atoms with van der Waals surface area (Å²) >= 11 is 0. The van der Waals surface area contributed by atoms with Crippen LogP contribution in [-0.2, 0) is 9.84 Å². The molecule has 0 amide bonds. The van der Waals surface area contributed by atoms with Gasteiger partial charge in [0.25, 0.3) is 0 Å². The van der Waals surface area contributed by atoms with Crippen LogP contribution in [0.4, 0.5) is 0 Å². The molecular weight excluding hydrogens is 200 g/mol. The van der Waals surface area contributed by atoms with Crippen LogP contribution in [0.3, 0.4) is 0 Å². The third-order valence-corrected chi connectivity index (χ3v) is 4.59. The summed E-state index contributed by atoms with van der Waals surface area (Å²) in [5, 5.41) is 4.24. The summed E-state index contributed by atoms with van der Waals surface area (Å²) in [7, 11) is -2.78. The molecule has 1 aliphatic heterocycles. The summed E-state index contributed by atoms with van der Waals surface area (Å²) in [5.74, 6) is 1.21. The van der Waals surface area contributed by atoms with Crippen LogP contribution in [0.25, 0.3) is 0 Å². The molecule has 2 rings (SSSR count). The number of nitrogens with zero attached hydrogens (tertiary/aromatic N) is 1. The molecule has 0 radical (unpaired) electrons. The monoisotopic (exact) mass is 216 g/mol. The highest BCUT2D eigenvalue weighted by Gasteiger charge is 2.28. The molecule has 1 N–H and O–H groups in total. The van der Waals surface area contributed by atoms with E-state index in [4.69, 9.17) is 0 Å². The number of nitrogens with one attached hydrogen (secondary N) is 1. The SMILES string of the molecule is C/C(=N\N[C@@H]1CCS(=O)(=O)C1)C1CC1. The van der Waals surface area contributed by atoms with Crippen LogP contribution >= 0.6 is 0 Å². The van der Waals surface area contributed by atoms with Crippen molar-refractivity contribution in [3.63, 3.8) is 0 Å². The van der Waals surface area contributed by atoms with E-state index in [0.717, 1.165) is 5.71 Å². The average Bonchev–Trinajstić information content (AvgIpc) is 2.88. The fourth-order valence-electron chi connectivity index (χ4n) is 1.68. The van der Waals surface area contributed by atoms with Crippen LogP contribution in [0, 0.1) is 5.92 Å². The number of rotatable bonds is 3. The summed E-state index contributed by atoms with van der Waals surface area (Å²) in [5.41, 5.74) is 4.09. The molecule has 0 bridgehead atoms. The molecule has 1 saturated heterocycles. The lowest BCUT2D eigenvalue weighted by atomic mass is 10.3. The van der Waals surface area contributed by atoms with Gasteiger partial charge in [-0.3, -0.25) is 0 Å². The fraction of sp³-hybridized carbons (Fsp3) is 0.889. The van der Waals surface area contributed by atoms with Gasteiger partial charge in [-0.05, 0) is 32.1 Å². The van der Waals surface area contributed by atoms with E-state index in [1.807, 2.05) is 6.92 Å². The Balaban J connectivity index is 1.84. The first-order valence-corrected chi connectivity index (χ1v) is 6.89. The molecule has 0 aromatic heterocycles. The molecule has 80 valence electrons. The quantitative estimate of drug-likeness (QED) is 0.553.